The van der Waals surface area contributed by atoms with Crippen LogP contribution in [0.5, 0.6) is 0 Å². The predicted molar refractivity (Wildman–Crippen MR) is 86.6 cm³/mol. The van der Waals surface area contributed by atoms with E-state index in [0.29, 0.717) is 17.6 Å². The lowest BCUT2D eigenvalue weighted by Crippen LogP contribution is -2.35. The minimum atomic E-state index is 0.473. The van der Waals surface area contributed by atoms with E-state index in [1.807, 2.05) is 0 Å². The highest BCUT2D eigenvalue weighted by atomic mass is 15.1. The van der Waals surface area contributed by atoms with Gasteiger partial charge in [0.1, 0.15) is 11.5 Å². The summed E-state index contributed by atoms with van der Waals surface area (Å²) in [4.78, 5) is 17.7. The Morgan fingerprint density at radius 2 is 2.09 bits per heavy atom. The van der Waals surface area contributed by atoms with Crippen LogP contribution in [0.1, 0.15) is 31.9 Å². The molecule has 1 aliphatic rings. The van der Waals surface area contributed by atoms with E-state index in [9.17, 15) is 0 Å². The number of hydrogen-bond donors (Lipinski definition) is 2. The Kier molecular flexibility index (Phi) is 4.90. The van der Waals surface area contributed by atoms with Crippen LogP contribution in [0.4, 0.5) is 5.82 Å². The normalized spacial score (nSPS) is 15.7. The Bertz CT molecular complexity index is 595. The Hall–Kier alpha value is -2.08. The standard InChI is InChI=1S/C16H22N6/c1-2-3-13-10-15(20-12-4-6-17-7-5-12)22-16(21-13)14-11-18-8-9-19-14/h8-12,17H,2-7H2,1H3,(H,20,21,22). The van der Waals surface area contributed by atoms with Gasteiger partial charge < -0.3 is 10.6 Å². The largest absolute Gasteiger partial charge is 0.367 e. The molecule has 2 N–H and O–H groups in total. The summed E-state index contributed by atoms with van der Waals surface area (Å²) < 4.78 is 0. The second-order valence-corrected chi connectivity index (χ2v) is 5.58. The smallest absolute Gasteiger partial charge is 0.182 e. The second-order valence-electron chi connectivity index (χ2n) is 5.58. The quantitative estimate of drug-likeness (QED) is 0.880. The molecule has 3 heterocycles. The summed E-state index contributed by atoms with van der Waals surface area (Å²) in [6.45, 7) is 4.27. The van der Waals surface area contributed by atoms with E-state index < -0.39 is 0 Å². The molecule has 0 aliphatic carbocycles. The van der Waals surface area contributed by atoms with Gasteiger partial charge >= 0.3 is 0 Å². The van der Waals surface area contributed by atoms with Crippen molar-refractivity contribution in [3.8, 4) is 11.5 Å². The molecule has 0 amide bonds. The molecule has 0 saturated carbocycles. The summed E-state index contributed by atoms with van der Waals surface area (Å²) in [7, 11) is 0. The number of nitrogens with one attached hydrogen (secondary N) is 2. The zero-order valence-electron chi connectivity index (χ0n) is 12.9. The maximum absolute atomic E-state index is 4.63. The number of aryl methyl sites for hydroxylation is 1. The summed E-state index contributed by atoms with van der Waals surface area (Å²) in [5.74, 6) is 1.54. The average molecular weight is 298 g/mol. The predicted octanol–water partition coefficient (Wildman–Crippen LogP) is 2.05. The number of aromatic nitrogens is 4. The third-order valence-electron chi connectivity index (χ3n) is 3.77. The fourth-order valence-electron chi connectivity index (χ4n) is 2.66. The molecule has 2 aromatic rings. The van der Waals surface area contributed by atoms with Crippen molar-refractivity contribution in [2.24, 2.45) is 0 Å². The van der Waals surface area contributed by atoms with Crippen LogP contribution < -0.4 is 10.6 Å². The molecule has 0 atom stereocenters. The molecular weight excluding hydrogens is 276 g/mol. The number of hydrogen-bond acceptors (Lipinski definition) is 6. The van der Waals surface area contributed by atoms with E-state index in [2.05, 4.69) is 43.6 Å². The second kappa shape index (κ2) is 7.26. The van der Waals surface area contributed by atoms with E-state index >= 15 is 0 Å². The molecule has 1 aliphatic heterocycles. The van der Waals surface area contributed by atoms with Gasteiger partial charge in [-0.1, -0.05) is 13.3 Å². The van der Waals surface area contributed by atoms with Gasteiger partial charge in [0, 0.05) is 30.2 Å². The highest BCUT2D eigenvalue weighted by Crippen LogP contribution is 2.18. The van der Waals surface area contributed by atoms with Crippen molar-refractivity contribution >= 4 is 5.82 Å². The summed E-state index contributed by atoms with van der Waals surface area (Å²) in [5, 5.41) is 6.93. The van der Waals surface area contributed by atoms with Gasteiger partial charge in [0.05, 0.1) is 6.20 Å². The Morgan fingerprint density at radius 1 is 1.23 bits per heavy atom. The van der Waals surface area contributed by atoms with Gasteiger partial charge in [-0.05, 0) is 32.4 Å². The summed E-state index contributed by atoms with van der Waals surface area (Å²) in [6.07, 6.45) is 9.28. The van der Waals surface area contributed by atoms with Gasteiger partial charge in [0.25, 0.3) is 0 Å². The molecule has 6 heteroatoms. The molecule has 2 aromatic heterocycles. The topological polar surface area (TPSA) is 75.6 Å². The summed E-state index contributed by atoms with van der Waals surface area (Å²) >= 11 is 0. The zero-order chi connectivity index (χ0) is 15.2. The molecule has 116 valence electrons. The van der Waals surface area contributed by atoms with Crippen molar-refractivity contribution in [1.82, 2.24) is 25.3 Å². The molecule has 0 unspecified atom stereocenters. The van der Waals surface area contributed by atoms with E-state index in [4.69, 9.17) is 0 Å². The maximum atomic E-state index is 4.63. The van der Waals surface area contributed by atoms with Crippen molar-refractivity contribution in [3.05, 3.63) is 30.4 Å². The molecular formula is C16H22N6. The van der Waals surface area contributed by atoms with E-state index in [-0.39, 0.29) is 0 Å². The minimum absolute atomic E-state index is 0.473. The van der Waals surface area contributed by atoms with Crippen LogP contribution in [0.25, 0.3) is 11.5 Å². The van der Waals surface area contributed by atoms with Gasteiger partial charge in [0.15, 0.2) is 5.82 Å². The SMILES string of the molecule is CCCc1cc(NC2CCNCC2)nc(-c2cnccn2)n1. The lowest BCUT2D eigenvalue weighted by atomic mass is 10.1. The molecule has 1 fully saturated rings. The van der Waals surface area contributed by atoms with Crippen molar-refractivity contribution in [1.29, 1.82) is 0 Å². The first kappa shape index (κ1) is 14.8. The molecule has 0 bridgehead atoms. The molecule has 6 nitrogen and oxygen atoms in total. The van der Waals surface area contributed by atoms with Gasteiger partial charge in [0.2, 0.25) is 0 Å². The van der Waals surface area contributed by atoms with Crippen LogP contribution in [0.2, 0.25) is 0 Å². The third kappa shape index (κ3) is 3.76. The van der Waals surface area contributed by atoms with Crippen LogP contribution in [0.3, 0.4) is 0 Å². The van der Waals surface area contributed by atoms with Gasteiger partial charge in [-0.3, -0.25) is 4.98 Å². The van der Waals surface area contributed by atoms with Crippen LogP contribution in [0, 0.1) is 0 Å². The highest BCUT2D eigenvalue weighted by Gasteiger charge is 2.15. The minimum Gasteiger partial charge on any atom is -0.367 e. The Balaban J connectivity index is 1.86. The summed E-state index contributed by atoms with van der Waals surface area (Å²) in [5.41, 5.74) is 1.77. The average Bonchev–Trinajstić information content (AvgIpc) is 2.57. The van der Waals surface area contributed by atoms with Crippen LogP contribution in [-0.2, 0) is 6.42 Å². The fraction of sp³-hybridized carbons (Fsp3) is 0.500. The van der Waals surface area contributed by atoms with Gasteiger partial charge in [-0.15, -0.1) is 0 Å². The first-order valence-electron chi connectivity index (χ1n) is 7.96. The molecule has 1 saturated heterocycles. The Labute approximate surface area is 130 Å². The summed E-state index contributed by atoms with van der Waals surface area (Å²) in [6, 6.07) is 2.53. The zero-order valence-corrected chi connectivity index (χ0v) is 12.9. The van der Waals surface area contributed by atoms with Crippen molar-refractivity contribution in [3.63, 3.8) is 0 Å². The highest BCUT2D eigenvalue weighted by molar-refractivity contribution is 5.52. The fourth-order valence-corrected chi connectivity index (χ4v) is 2.66. The van der Waals surface area contributed by atoms with E-state index in [1.54, 1.807) is 18.6 Å². The monoisotopic (exact) mass is 298 g/mol. The number of rotatable bonds is 5. The van der Waals surface area contributed by atoms with Crippen molar-refractivity contribution < 1.29 is 0 Å². The van der Waals surface area contributed by atoms with Gasteiger partial charge in [-0.2, -0.15) is 0 Å². The molecule has 3 rings (SSSR count). The van der Waals surface area contributed by atoms with Crippen LogP contribution in [-0.4, -0.2) is 39.1 Å². The number of anilines is 1. The molecule has 0 aromatic carbocycles. The molecule has 0 radical (unpaired) electrons. The maximum Gasteiger partial charge on any atom is 0.182 e. The van der Waals surface area contributed by atoms with Crippen LogP contribution >= 0.6 is 0 Å². The Morgan fingerprint density at radius 3 is 2.82 bits per heavy atom. The first-order chi connectivity index (χ1) is 10.8. The molecule has 22 heavy (non-hydrogen) atoms. The lowest BCUT2D eigenvalue weighted by Gasteiger charge is -2.24. The van der Waals surface area contributed by atoms with Crippen molar-refractivity contribution in [2.75, 3.05) is 18.4 Å². The van der Waals surface area contributed by atoms with Gasteiger partial charge in [-0.25, -0.2) is 15.0 Å². The van der Waals surface area contributed by atoms with E-state index in [0.717, 1.165) is 50.3 Å². The number of nitrogens with zero attached hydrogens (tertiary/aromatic N) is 4. The first-order valence-corrected chi connectivity index (χ1v) is 7.96. The number of piperidine rings is 1. The third-order valence-corrected chi connectivity index (χ3v) is 3.77. The van der Waals surface area contributed by atoms with Crippen LogP contribution in [0.15, 0.2) is 24.7 Å². The lowest BCUT2D eigenvalue weighted by molar-refractivity contribution is 0.478. The van der Waals surface area contributed by atoms with E-state index in [1.165, 1.54) is 0 Å². The molecule has 0 spiro atoms. The van der Waals surface area contributed by atoms with Crippen molar-refractivity contribution in [2.45, 2.75) is 38.6 Å².